The molecular formula is C20H25ClFN5O9P2. The third kappa shape index (κ3) is 6.93. The van der Waals surface area contributed by atoms with Crippen LogP contribution in [0.4, 0.5) is 10.2 Å². The number of hydrogen-bond acceptors (Lipinski definition) is 10. The molecule has 18 heteroatoms. The second-order valence-electron chi connectivity index (χ2n) is 8.83. The van der Waals surface area contributed by atoms with Gasteiger partial charge in [-0.15, -0.1) is 0 Å². The minimum absolute atomic E-state index is 0.147. The Balaban J connectivity index is 1.51. The van der Waals surface area contributed by atoms with Crippen LogP contribution in [0.15, 0.2) is 30.5 Å². The van der Waals surface area contributed by atoms with Gasteiger partial charge in [0.05, 0.1) is 18.2 Å². The number of nitrogens with zero attached hydrogens (tertiary/aromatic N) is 4. The van der Waals surface area contributed by atoms with Gasteiger partial charge in [-0.25, -0.2) is 9.07 Å². The van der Waals surface area contributed by atoms with Gasteiger partial charge in [-0.2, -0.15) is 15.1 Å². The normalized spacial score (nSPS) is 24.4. The van der Waals surface area contributed by atoms with Crippen LogP contribution in [0.3, 0.4) is 0 Å². The number of halogens is 2. The van der Waals surface area contributed by atoms with Crippen LogP contribution in [0, 0.1) is 5.82 Å². The maximum Gasteiger partial charge on any atom is 0.340 e. The van der Waals surface area contributed by atoms with Crippen molar-refractivity contribution in [2.75, 3.05) is 17.8 Å². The summed E-state index contributed by atoms with van der Waals surface area (Å²) in [7, 11) is -9.56. The van der Waals surface area contributed by atoms with E-state index in [1.54, 1.807) is 12.1 Å². The Morgan fingerprint density at radius 3 is 2.53 bits per heavy atom. The predicted molar refractivity (Wildman–Crippen MR) is 132 cm³/mol. The lowest BCUT2D eigenvalue weighted by Gasteiger charge is -2.18. The standard InChI is InChI=1S/C20H25ClFN5O9P2/c1-10(6-11-2-4-12(22)5-3-11)24-17-13-7-23-27(18(13)26-20(21)25-17)19-16(29)15(28)14(36-19)8-35-38(33,34)9-37(30,31)32/h2-5,7,10,14-16,19,28-29H,6,8-9H2,1H3,(H,33,34)(H,24,25,26)(H2,30,31,32)/t10-,14+,15+,16+,19+/m0/s1. The summed E-state index contributed by atoms with van der Waals surface area (Å²) in [5.74, 6) is -1.43. The van der Waals surface area contributed by atoms with Gasteiger partial charge in [0, 0.05) is 6.04 Å². The van der Waals surface area contributed by atoms with E-state index in [2.05, 4.69) is 20.4 Å². The Morgan fingerprint density at radius 1 is 1.18 bits per heavy atom. The predicted octanol–water partition coefficient (Wildman–Crippen LogP) is 1.62. The number of ether oxygens (including phenoxy) is 1. The molecule has 0 radical (unpaired) electrons. The molecule has 1 aromatic carbocycles. The molecule has 38 heavy (non-hydrogen) atoms. The van der Waals surface area contributed by atoms with Crippen molar-refractivity contribution >= 4 is 43.6 Å². The van der Waals surface area contributed by atoms with Crippen LogP contribution in [0.1, 0.15) is 18.7 Å². The number of nitrogens with one attached hydrogen (secondary N) is 1. The zero-order valence-electron chi connectivity index (χ0n) is 19.7. The zero-order chi connectivity index (χ0) is 27.8. The van der Waals surface area contributed by atoms with E-state index in [9.17, 15) is 28.6 Å². The van der Waals surface area contributed by atoms with Crippen LogP contribution in [0.2, 0.25) is 5.28 Å². The zero-order valence-corrected chi connectivity index (χ0v) is 22.2. The molecular weight excluding hydrogens is 571 g/mol. The van der Waals surface area contributed by atoms with Gasteiger partial charge in [-0.3, -0.25) is 9.13 Å². The highest BCUT2D eigenvalue weighted by atomic mass is 35.5. The molecule has 14 nitrogen and oxygen atoms in total. The van der Waals surface area contributed by atoms with Gasteiger partial charge in [-0.05, 0) is 42.6 Å². The summed E-state index contributed by atoms with van der Waals surface area (Å²) in [5.41, 5.74) is 1.03. The smallest absolute Gasteiger partial charge is 0.340 e. The summed E-state index contributed by atoms with van der Waals surface area (Å²) >= 11 is 6.13. The van der Waals surface area contributed by atoms with Crippen molar-refractivity contribution in [2.24, 2.45) is 0 Å². The molecule has 1 aliphatic rings. The molecule has 3 heterocycles. The molecule has 0 amide bonds. The summed E-state index contributed by atoms with van der Waals surface area (Å²) < 4.78 is 47.6. The number of aliphatic hydroxyl groups is 2. The van der Waals surface area contributed by atoms with Crippen molar-refractivity contribution in [3.05, 3.63) is 47.1 Å². The first-order chi connectivity index (χ1) is 17.7. The fourth-order valence-electron chi connectivity index (χ4n) is 3.99. The molecule has 6 N–H and O–H groups in total. The number of aromatic nitrogens is 4. The molecule has 4 rings (SSSR count). The van der Waals surface area contributed by atoms with E-state index in [4.69, 9.17) is 30.6 Å². The largest absolute Gasteiger partial charge is 0.387 e. The Hall–Kier alpha value is -2.03. The van der Waals surface area contributed by atoms with Crippen LogP contribution in [0.25, 0.3) is 11.0 Å². The molecule has 0 aliphatic carbocycles. The lowest BCUT2D eigenvalue weighted by Crippen LogP contribution is -2.33. The number of benzene rings is 1. The van der Waals surface area contributed by atoms with Crippen molar-refractivity contribution < 1.29 is 47.7 Å². The van der Waals surface area contributed by atoms with Crippen molar-refractivity contribution in [1.82, 2.24) is 19.7 Å². The van der Waals surface area contributed by atoms with Crippen LogP contribution < -0.4 is 5.32 Å². The summed E-state index contributed by atoms with van der Waals surface area (Å²) in [4.78, 5) is 35.8. The van der Waals surface area contributed by atoms with Gasteiger partial charge in [0.2, 0.25) is 5.28 Å². The topological polar surface area (TPSA) is 209 Å². The molecule has 1 aliphatic heterocycles. The first-order valence-corrected chi connectivity index (χ1v) is 15.1. The van der Waals surface area contributed by atoms with Crippen LogP contribution in [-0.4, -0.2) is 81.5 Å². The summed E-state index contributed by atoms with van der Waals surface area (Å²) in [5, 5.41) is 28.6. The highest BCUT2D eigenvalue weighted by molar-refractivity contribution is 7.70. The van der Waals surface area contributed by atoms with Crippen molar-refractivity contribution in [2.45, 2.75) is 43.9 Å². The second-order valence-corrected chi connectivity index (χ2v) is 13.2. The minimum atomic E-state index is -4.85. The Labute approximate surface area is 220 Å². The highest BCUT2D eigenvalue weighted by Gasteiger charge is 2.46. The fourth-order valence-corrected chi connectivity index (χ4v) is 6.72. The number of anilines is 1. The van der Waals surface area contributed by atoms with Crippen LogP contribution in [0.5, 0.6) is 0 Å². The molecule has 208 valence electrons. The first kappa shape index (κ1) is 29.0. The Kier molecular flexibility index (Phi) is 8.55. The van der Waals surface area contributed by atoms with E-state index in [0.29, 0.717) is 17.6 Å². The molecule has 0 saturated carbocycles. The average molecular weight is 596 g/mol. The van der Waals surface area contributed by atoms with E-state index in [1.165, 1.54) is 18.3 Å². The molecule has 1 unspecified atom stereocenters. The van der Waals surface area contributed by atoms with Gasteiger partial charge >= 0.3 is 15.2 Å². The van der Waals surface area contributed by atoms with E-state index in [-0.39, 0.29) is 22.8 Å². The molecule has 0 spiro atoms. The maximum atomic E-state index is 13.2. The van der Waals surface area contributed by atoms with Gasteiger partial charge in [0.25, 0.3) is 0 Å². The molecule has 0 bridgehead atoms. The monoisotopic (exact) mass is 595 g/mol. The fraction of sp³-hybridized carbons (Fsp3) is 0.450. The van der Waals surface area contributed by atoms with Crippen LogP contribution >= 0.6 is 26.8 Å². The third-order valence-corrected chi connectivity index (χ3v) is 9.27. The first-order valence-electron chi connectivity index (χ1n) is 11.2. The Morgan fingerprint density at radius 2 is 1.87 bits per heavy atom. The molecule has 3 aromatic rings. The molecule has 1 fully saturated rings. The summed E-state index contributed by atoms with van der Waals surface area (Å²) in [6, 6.07) is 5.89. The average Bonchev–Trinajstić information content (AvgIpc) is 3.33. The highest BCUT2D eigenvalue weighted by Crippen LogP contribution is 2.55. The summed E-state index contributed by atoms with van der Waals surface area (Å²) in [6.07, 6.45) is -3.89. The van der Waals surface area contributed by atoms with Gasteiger partial charge < -0.3 is 39.5 Å². The van der Waals surface area contributed by atoms with Crippen molar-refractivity contribution in [3.8, 4) is 0 Å². The van der Waals surface area contributed by atoms with Gasteiger partial charge in [0.1, 0.15) is 29.9 Å². The van der Waals surface area contributed by atoms with Crippen LogP contribution in [-0.2, 0) is 24.8 Å². The number of rotatable bonds is 10. The lowest BCUT2D eigenvalue weighted by molar-refractivity contribution is -0.0541. The second kappa shape index (κ2) is 11.2. The SMILES string of the molecule is C[C@@H](Cc1ccc(F)cc1)Nc1nc(Cl)nc2c1cnn2[C@@H]1O[C@H](COP(=O)(O)CP(=O)(O)O)[C@@H](O)[C@H]1O. The maximum absolute atomic E-state index is 13.2. The minimum Gasteiger partial charge on any atom is -0.387 e. The lowest BCUT2D eigenvalue weighted by atomic mass is 10.1. The molecule has 6 atom stereocenters. The molecule has 2 aromatic heterocycles. The van der Waals surface area contributed by atoms with E-state index >= 15 is 0 Å². The van der Waals surface area contributed by atoms with Gasteiger partial charge in [0.15, 0.2) is 17.8 Å². The quantitative estimate of drug-likeness (QED) is 0.146. The number of aliphatic hydroxyl groups excluding tert-OH is 2. The number of hydrogen-bond donors (Lipinski definition) is 6. The number of fused-ring (bicyclic) bond motifs is 1. The van der Waals surface area contributed by atoms with E-state index < -0.39 is 52.2 Å². The van der Waals surface area contributed by atoms with E-state index in [0.717, 1.165) is 10.2 Å². The van der Waals surface area contributed by atoms with Crippen molar-refractivity contribution in [3.63, 3.8) is 0 Å². The van der Waals surface area contributed by atoms with Crippen molar-refractivity contribution in [1.29, 1.82) is 0 Å². The van der Waals surface area contributed by atoms with E-state index in [1.807, 2.05) is 6.92 Å². The molecule has 1 saturated heterocycles. The third-order valence-electron chi connectivity index (χ3n) is 5.65. The Bertz CT molecular complexity index is 1390. The summed E-state index contributed by atoms with van der Waals surface area (Å²) in [6.45, 7) is 1.14. The van der Waals surface area contributed by atoms with Gasteiger partial charge in [-0.1, -0.05) is 12.1 Å².